The summed E-state index contributed by atoms with van der Waals surface area (Å²) in [7, 11) is 0. The first-order chi connectivity index (χ1) is 14.1. The Kier molecular flexibility index (Phi) is 7.41. The predicted octanol–water partition coefficient (Wildman–Crippen LogP) is 3.70. The molecule has 0 bridgehead atoms. The Morgan fingerprint density at radius 3 is 2.97 bits per heavy atom. The monoisotopic (exact) mass is 446 g/mol. The first kappa shape index (κ1) is 22.2. The molecule has 7 heteroatoms. The second kappa shape index (κ2) is 10.0. The van der Waals surface area contributed by atoms with Gasteiger partial charge in [0.1, 0.15) is 11.9 Å². The van der Waals surface area contributed by atoms with Crippen LogP contribution in [0.15, 0.2) is 42.5 Å². The number of aromatic nitrogens is 1. The first-order valence-electron chi connectivity index (χ1n) is 9.65. The van der Waals surface area contributed by atoms with Gasteiger partial charge < -0.3 is 14.5 Å². The largest absolute Gasteiger partial charge is 2.00 e. The van der Waals surface area contributed by atoms with Gasteiger partial charge in [-0.1, -0.05) is 6.07 Å². The number of hydrogen-bond donors (Lipinski definition) is 1. The maximum Gasteiger partial charge on any atom is 2.00 e. The van der Waals surface area contributed by atoms with E-state index in [1.807, 2.05) is 24.3 Å². The number of ether oxygens (including phenoxy) is 2. The van der Waals surface area contributed by atoms with Crippen LogP contribution in [0.1, 0.15) is 18.2 Å². The number of nitriles is 1. The number of nitrogens with zero attached hydrogens (tertiary/aromatic N) is 2. The molecule has 3 aromatic rings. The van der Waals surface area contributed by atoms with E-state index < -0.39 is 0 Å². The summed E-state index contributed by atoms with van der Waals surface area (Å²) < 4.78 is 24.3. The smallest absolute Gasteiger partial charge is 0.549 e. The molecule has 0 spiro atoms. The van der Waals surface area contributed by atoms with E-state index in [9.17, 15) is 4.39 Å². The molecule has 3 heterocycles. The molecule has 2 aromatic carbocycles. The molecule has 155 valence electrons. The normalized spacial score (nSPS) is 20.4. The molecule has 1 aromatic heterocycles. The minimum Gasteiger partial charge on any atom is -0.549 e. The van der Waals surface area contributed by atoms with E-state index in [0.29, 0.717) is 18.1 Å². The first-order valence-corrected chi connectivity index (χ1v) is 9.65. The molecule has 2 atom stereocenters. The van der Waals surface area contributed by atoms with Gasteiger partial charge in [0.15, 0.2) is 0 Å². The van der Waals surface area contributed by atoms with Crippen molar-refractivity contribution in [3.05, 3.63) is 72.0 Å². The van der Waals surface area contributed by atoms with Gasteiger partial charge in [-0.25, -0.2) is 4.39 Å². The summed E-state index contributed by atoms with van der Waals surface area (Å²) in [6, 6.07) is 17.5. The van der Waals surface area contributed by atoms with Crippen molar-refractivity contribution in [2.24, 2.45) is 0 Å². The third kappa shape index (κ3) is 5.16. The fraction of sp³-hybridized carbons (Fsp3) is 0.304. The average molecular weight is 446 g/mol. The summed E-state index contributed by atoms with van der Waals surface area (Å²) in [4.78, 5) is 5.31. The van der Waals surface area contributed by atoms with E-state index in [4.69, 9.17) is 14.7 Å². The molecule has 5 nitrogen and oxygen atoms in total. The fourth-order valence-electron chi connectivity index (χ4n) is 3.62. The molecular formula is C23H22FMnN3O2. The Balaban J connectivity index is 0.000000184. The van der Waals surface area contributed by atoms with Gasteiger partial charge >= 0.3 is 17.1 Å². The van der Waals surface area contributed by atoms with Crippen LogP contribution in [0, 0.1) is 29.6 Å². The number of benzene rings is 2. The van der Waals surface area contributed by atoms with Gasteiger partial charge in [0.25, 0.3) is 0 Å². The number of hydrogen-bond acceptors (Lipinski definition) is 4. The number of nitrogens with one attached hydrogen (secondary N) is 1. The van der Waals surface area contributed by atoms with Crippen LogP contribution < -0.4 is 4.74 Å². The van der Waals surface area contributed by atoms with E-state index in [1.54, 1.807) is 12.1 Å². The number of H-pyrrole nitrogens is 1. The summed E-state index contributed by atoms with van der Waals surface area (Å²) in [5, 5.41) is 9.51. The summed E-state index contributed by atoms with van der Waals surface area (Å²) in [6.45, 7) is 5.27. The molecule has 0 saturated carbocycles. The van der Waals surface area contributed by atoms with E-state index in [1.165, 1.54) is 12.1 Å². The SMILES string of the molecule is C[C@@H]1CN([C@@H]2[CH-]c3ccc(F)cc3OC2)CCO1.N#Cc1cc2[c-]cccc2[nH]1.[Mn+2]. The quantitative estimate of drug-likeness (QED) is 0.458. The second-order valence-electron chi connectivity index (χ2n) is 7.20. The predicted molar refractivity (Wildman–Crippen MR) is 108 cm³/mol. The van der Waals surface area contributed by atoms with Crippen LogP contribution in [-0.2, 0) is 21.8 Å². The van der Waals surface area contributed by atoms with Crippen LogP contribution in [0.2, 0.25) is 0 Å². The van der Waals surface area contributed by atoms with Gasteiger partial charge in [0.05, 0.1) is 25.0 Å². The molecule has 1 radical (unpaired) electrons. The number of rotatable bonds is 1. The van der Waals surface area contributed by atoms with Crippen LogP contribution in [0.4, 0.5) is 4.39 Å². The maximum atomic E-state index is 13.1. The summed E-state index contributed by atoms with van der Waals surface area (Å²) in [5.41, 5.74) is 2.53. The van der Waals surface area contributed by atoms with Gasteiger partial charge in [0, 0.05) is 24.9 Å². The molecule has 0 unspecified atom stereocenters. The van der Waals surface area contributed by atoms with Crippen molar-refractivity contribution in [1.29, 1.82) is 5.26 Å². The molecular weight excluding hydrogens is 424 g/mol. The molecule has 0 amide bonds. The zero-order valence-corrected chi connectivity index (χ0v) is 17.7. The van der Waals surface area contributed by atoms with Crippen molar-refractivity contribution in [2.45, 2.75) is 19.1 Å². The Bertz CT molecular complexity index is 1000. The molecule has 2 aliphatic heterocycles. The van der Waals surface area contributed by atoms with Crippen molar-refractivity contribution in [3.63, 3.8) is 0 Å². The number of fused-ring (bicyclic) bond motifs is 2. The Hall–Kier alpha value is -2.49. The van der Waals surface area contributed by atoms with Gasteiger partial charge in [-0.3, -0.25) is 4.90 Å². The van der Waals surface area contributed by atoms with Crippen molar-refractivity contribution in [3.8, 4) is 11.8 Å². The van der Waals surface area contributed by atoms with E-state index in [0.717, 1.165) is 36.2 Å². The number of aromatic amines is 1. The maximum absolute atomic E-state index is 13.1. The molecule has 5 rings (SSSR count). The molecule has 1 fully saturated rings. The van der Waals surface area contributed by atoms with Gasteiger partial charge in [0.2, 0.25) is 0 Å². The van der Waals surface area contributed by atoms with Crippen LogP contribution in [0.25, 0.3) is 10.9 Å². The van der Waals surface area contributed by atoms with Crippen LogP contribution in [0.5, 0.6) is 5.75 Å². The Morgan fingerprint density at radius 1 is 1.33 bits per heavy atom. The minimum atomic E-state index is -0.249. The summed E-state index contributed by atoms with van der Waals surface area (Å²) in [6.07, 6.45) is 2.43. The minimum absolute atomic E-state index is 0. The molecule has 30 heavy (non-hydrogen) atoms. The second-order valence-corrected chi connectivity index (χ2v) is 7.20. The van der Waals surface area contributed by atoms with Crippen molar-refractivity contribution >= 4 is 10.9 Å². The van der Waals surface area contributed by atoms with Crippen molar-refractivity contribution < 1.29 is 30.9 Å². The topological polar surface area (TPSA) is 61.3 Å². The summed E-state index contributed by atoms with van der Waals surface area (Å²) >= 11 is 0. The number of halogens is 1. The van der Waals surface area contributed by atoms with Gasteiger partial charge in [-0.15, -0.1) is 41.3 Å². The third-order valence-electron chi connectivity index (χ3n) is 5.07. The van der Waals surface area contributed by atoms with Crippen molar-refractivity contribution in [2.75, 3.05) is 26.3 Å². The van der Waals surface area contributed by atoms with Crippen molar-refractivity contribution in [1.82, 2.24) is 9.88 Å². The van der Waals surface area contributed by atoms with Crippen LogP contribution in [0.3, 0.4) is 0 Å². The van der Waals surface area contributed by atoms with E-state index >= 15 is 0 Å². The molecule has 0 aliphatic carbocycles. The van der Waals surface area contributed by atoms with Crippen LogP contribution >= 0.6 is 0 Å². The van der Waals surface area contributed by atoms with E-state index in [-0.39, 0.29) is 35.0 Å². The zero-order chi connectivity index (χ0) is 20.2. The number of morpholine rings is 1. The van der Waals surface area contributed by atoms with Crippen LogP contribution in [-0.4, -0.2) is 48.3 Å². The van der Waals surface area contributed by atoms with Gasteiger partial charge in [-0.2, -0.15) is 17.7 Å². The average Bonchev–Trinajstić information content (AvgIpc) is 3.17. The molecule has 1 saturated heterocycles. The summed E-state index contributed by atoms with van der Waals surface area (Å²) in [5.74, 6) is 0.396. The Labute approximate surface area is 186 Å². The fourth-order valence-corrected chi connectivity index (χ4v) is 3.62. The van der Waals surface area contributed by atoms with Gasteiger partial charge in [-0.05, 0) is 18.5 Å². The standard InChI is InChI=1S/C14H17FNO2.C9H5N2.Mn/c1-10-8-16(4-5-17-10)13-6-11-2-3-12(15)7-14(11)18-9-13;10-6-8-5-7-3-1-2-4-9(7)11-8;/h2-3,6-7,10,13H,4-5,8-9H2,1H3;1-2,4-5,11H;/q2*-1;+2/t10-,13-;;/m1../s1. The third-order valence-corrected chi connectivity index (χ3v) is 5.07. The molecule has 1 N–H and O–H groups in total. The Morgan fingerprint density at radius 2 is 2.20 bits per heavy atom. The zero-order valence-electron chi connectivity index (χ0n) is 16.6. The van der Waals surface area contributed by atoms with E-state index in [2.05, 4.69) is 29.3 Å². The molecule has 2 aliphatic rings.